The molecule has 0 radical (unpaired) electrons. The molecule has 0 spiro atoms. The predicted octanol–water partition coefficient (Wildman–Crippen LogP) is 6.83. The molecule has 0 N–H and O–H groups in total. The number of hydrogen-bond acceptors (Lipinski definition) is 4. The van der Waals surface area contributed by atoms with Gasteiger partial charge >= 0.3 is 5.97 Å². The average Bonchev–Trinajstić information content (AvgIpc) is 2.82. The first-order chi connectivity index (χ1) is 15.2. The van der Waals surface area contributed by atoms with Crippen molar-refractivity contribution in [2.75, 3.05) is 0 Å². The Morgan fingerprint density at radius 3 is 2.00 bits per heavy atom. The number of aryl methyl sites for hydroxylation is 2. The molecule has 1 heterocycles. The fourth-order valence-corrected chi connectivity index (χ4v) is 3.46. The number of rotatable bonds is 11. The van der Waals surface area contributed by atoms with E-state index in [0.29, 0.717) is 5.56 Å². The third-order valence-electron chi connectivity index (χ3n) is 5.40. The van der Waals surface area contributed by atoms with Gasteiger partial charge in [0.1, 0.15) is 0 Å². The zero-order valence-electron chi connectivity index (χ0n) is 18.6. The van der Waals surface area contributed by atoms with Crippen LogP contribution in [0, 0.1) is 0 Å². The van der Waals surface area contributed by atoms with E-state index in [-0.39, 0.29) is 5.88 Å². The summed E-state index contributed by atoms with van der Waals surface area (Å²) in [4.78, 5) is 21.1. The Hall–Kier alpha value is -3.01. The molecule has 2 aromatic carbocycles. The smallest absolute Gasteiger partial charge is 0.344 e. The third-order valence-corrected chi connectivity index (χ3v) is 5.40. The molecule has 0 saturated carbocycles. The highest BCUT2D eigenvalue weighted by Crippen LogP contribution is 2.20. The van der Waals surface area contributed by atoms with Crippen molar-refractivity contribution in [1.29, 1.82) is 0 Å². The molecular weight excluding hydrogens is 384 g/mol. The summed E-state index contributed by atoms with van der Waals surface area (Å²) in [5.41, 5.74) is 4.86. The van der Waals surface area contributed by atoms with Gasteiger partial charge in [-0.3, -0.25) is 0 Å². The zero-order chi connectivity index (χ0) is 21.9. The molecule has 31 heavy (non-hydrogen) atoms. The maximum atomic E-state index is 12.4. The van der Waals surface area contributed by atoms with Gasteiger partial charge in [-0.1, -0.05) is 75.9 Å². The van der Waals surface area contributed by atoms with Crippen LogP contribution in [0.1, 0.15) is 73.9 Å². The fraction of sp³-hybridized carbons (Fsp3) is 0.370. The van der Waals surface area contributed by atoms with Crippen LogP contribution < -0.4 is 4.74 Å². The maximum Gasteiger partial charge on any atom is 0.344 e. The van der Waals surface area contributed by atoms with Gasteiger partial charge in [0.25, 0.3) is 0 Å². The number of carbonyl (C=O) groups is 1. The first kappa shape index (κ1) is 22.7. The Bertz CT molecular complexity index is 932. The molecule has 0 bridgehead atoms. The van der Waals surface area contributed by atoms with Gasteiger partial charge in [0, 0.05) is 5.56 Å². The van der Waals surface area contributed by atoms with E-state index in [9.17, 15) is 4.79 Å². The van der Waals surface area contributed by atoms with Crippen LogP contribution in [-0.4, -0.2) is 15.9 Å². The van der Waals surface area contributed by atoms with Gasteiger partial charge in [-0.2, -0.15) is 0 Å². The number of carbonyl (C=O) groups excluding carboxylic acids is 1. The monoisotopic (exact) mass is 416 g/mol. The van der Waals surface area contributed by atoms with Gasteiger partial charge in [-0.05, 0) is 48.9 Å². The highest BCUT2D eigenvalue weighted by Gasteiger charge is 2.10. The van der Waals surface area contributed by atoms with Gasteiger partial charge < -0.3 is 4.74 Å². The van der Waals surface area contributed by atoms with Gasteiger partial charge in [0.15, 0.2) is 0 Å². The lowest BCUT2D eigenvalue weighted by Crippen LogP contribution is -2.09. The Balaban J connectivity index is 1.55. The molecule has 0 aliphatic rings. The molecule has 0 amide bonds. The number of unbranched alkanes of at least 4 members (excludes halogenated alkanes) is 4. The van der Waals surface area contributed by atoms with Crippen LogP contribution in [0.25, 0.3) is 11.3 Å². The maximum absolute atomic E-state index is 12.4. The first-order valence-corrected chi connectivity index (χ1v) is 11.4. The topological polar surface area (TPSA) is 52.1 Å². The summed E-state index contributed by atoms with van der Waals surface area (Å²) in [5.74, 6) is -0.215. The van der Waals surface area contributed by atoms with Gasteiger partial charge in [-0.15, -0.1) is 0 Å². The van der Waals surface area contributed by atoms with Crippen LogP contribution in [-0.2, 0) is 12.8 Å². The lowest BCUT2D eigenvalue weighted by molar-refractivity contribution is 0.0727. The van der Waals surface area contributed by atoms with Crippen LogP contribution in [0.4, 0.5) is 0 Å². The summed E-state index contributed by atoms with van der Waals surface area (Å²) < 4.78 is 5.38. The Morgan fingerprint density at radius 2 is 1.39 bits per heavy atom. The SMILES string of the molecule is CCCCCCc1ccc(-c2cnc(OC(=O)c3ccc(CCCC)cc3)cn2)cc1. The highest BCUT2D eigenvalue weighted by atomic mass is 16.5. The quantitative estimate of drug-likeness (QED) is 0.254. The fourth-order valence-electron chi connectivity index (χ4n) is 3.46. The molecule has 3 aromatic rings. The average molecular weight is 417 g/mol. The van der Waals surface area contributed by atoms with Crippen molar-refractivity contribution in [3.8, 4) is 17.1 Å². The Morgan fingerprint density at radius 1 is 0.742 bits per heavy atom. The molecule has 4 heteroatoms. The molecule has 0 aliphatic carbocycles. The highest BCUT2D eigenvalue weighted by molar-refractivity contribution is 5.90. The van der Waals surface area contributed by atoms with E-state index in [4.69, 9.17) is 4.74 Å². The minimum Gasteiger partial charge on any atom is -0.402 e. The van der Waals surface area contributed by atoms with Crippen molar-refractivity contribution in [2.24, 2.45) is 0 Å². The number of ether oxygens (including phenoxy) is 1. The number of nitrogens with zero attached hydrogens (tertiary/aromatic N) is 2. The molecule has 4 nitrogen and oxygen atoms in total. The van der Waals surface area contributed by atoms with Crippen molar-refractivity contribution in [2.45, 2.75) is 65.2 Å². The van der Waals surface area contributed by atoms with Crippen molar-refractivity contribution >= 4 is 5.97 Å². The molecule has 0 unspecified atom stereocenters. The number of aromatic nitrogens is 2. The lowest BCUT2D eigenvalue weighted by atomic mass is 10.0. The second-order valence-corrected chi connectivity index (χ2v) is 7.94. The summed E-state index contributed by atoms with van der Waals surface area (Å²) in [6, 6.07) is 16.0. The van der Waals surface area contributed by atoms with Crippen molar-refractivity contribution in [3.05, 3.63) is 77.6 Å². The molecule has 1 aromatic heterocycles. The number of esters is 1. The second kappa shape index (κ2) is 12.0. The Labute approximate surface area is 185 Å². The Kier molecular flexibility index (Phi) is 8.77. The zero-order valence-corrected chi connectivity index (χ0v) is 18.6. The van der Waals surface area contributed by atoms with E-state index >= 15 is 0 Å². The summed E-state index contributed by atoms with van der Waals surface area (Å²) in [6.07, 6.45) is 12.7. The van der Waals surface area contributed by atoms with Crippen molar-refractivity contribution < 1.29 is 9.53 Å². The lowest BCUT2D eigenvalue weighted by Gasteiger charge is -2.06. The molecular formula is C27H32N2O2. The van der Waals surface area contributed by atoms with Crippen LogP contribution >= 0.6 is 0 Å². The van der Waals surface area contributed by atoms with E-state index in [1.165, 1.54) is 43.0 Å². The molecule has 162 valence electrons. The summed E-state index contributed by atoms with van der Waals surface area (Å²) in [6.45, 7) is 4.40. The predicted molar refractivity (Wildman–Crippen MR) is 125 cm³/mol. The molecule has 0 aliphatic heterocycles. The molecule has 0 fully saturated rings. The normalized spacial score (nSPS) is 10.8. The summed E-state index contributed by atoms with van der Waals surface area (Å²) in [7, 11) is 0. The van der Waals surface area contributed by atoms with Crippen molar-refractivity contribution in [3.63, 3.8) is 0 Å². The number of hydrogen-bond donors (Lipinski definition) is 0. The van der Waals surface area contributed by atoms with Crippen molar-refractivity contribution in [1.82, 2.24) is 9.97 Å². The standard InChI is InChI=1S/C27H32N2O2/c1-3-5-7-8-10-22-11-15-23(16-12-22)25-19-29-26(20-28-25)31-27(30)24-17-13-21(14-18-24)9-6-4-2/h11-20H,3-10H2,1-2H3. The first-order valence-electron chi connectivity index (χ1n) is 11.4. The molecule has 0 saturated heterocycles. The molecule has 0 atom stereocenters. The summed E-state index contributed by atoms with van der Waals surface area (Å²) in [5, 5.41) is 0. The van der Waals surface area contributed by atoms with E-state index in [2.05, 4.69) is 48.1 Å². The van der Waals surface area contributed by atoms with Crippen LogP contribution in [0.5, 0.6) is 5.88 Å². The second-order valence-electron chi connectivity index (χ2n) is 7.94. The number of benzene rings is 2. The van der Waals surface area contributed by atoms with Gasteiger partial charge in [0.05, 0.1) is 23.7 Å². The van der Waals surface area contributed by atoms with Gasteiger partial charge in [0.2, 0.25) is 5.88 Å². The van der Waals surface area contributed by atoms with E-state index in [1.54, 1.807) is 18.3 Å². The minimum absolute atomic E-state index is 0.205. The van der Waals surface area contributed by atoms with E-state index < -0.39 is 5.97 Å². The van der Waals surface area contributed by atoms with E-state index in [0.717, 1.165) is 36.9 Å². The van der Waals surface area contributed by atoms with E-state index in [1.807, 2.05) is 12.1 Å². The van der Waals surface area contributed by atoms with Crippen LogP contribution in [0.15, 0.2) is 60.9 Å². The minimum atomic E-state index is -0.420. The molecule has 3 rings (SSSR count). The third kappa shape index (κ3) is 7.02. The van der Waals surface area contributed by atoms with Crippen LogP contribution in [0.3, 0.4) is 0 Å². The van der Waals surface area contributed by atoms with Gasteiger partial charge in [-0.25, -0.2) is 14.8 Å². The summed E-state index contributed by atoms with van der Waals surface area (Å²) >= 11 is 0. The largest absolute Gasteiger partial charge is 0.402 e. The van der Waals surface area contributed by atoms with Crippen LogP contribution in [0.2, 0.25) is 0 Å².